The molecule has 3 rings (SSSR count). The normalized spacial score (nSPS) is 10.6. The number of nitrogens with one attached hydrogen (secondary N) is 1. The van der Waals surface area contributed by atoms with Crippen LogP contribution in [0.3, 0.4) is 0 Å². The van der Waals surface area contributed by atoms with E-state index in [1.807, 2.05) is 42.6 Å². The summed E-state index contributed by atoms with van der Waals surface area (Å²) < 4.78 is 16.2. The summed E-state index contributed by atoms with van der Waals surface area (Å²) in [4.78, 5) is 17.7. The highest BCUT2D eigenvalue weighted by molar-refractivity contribution is 7.13. The quantitative estimate of drug-likeness (QED) is 0.686. The Morgan fingerprint density at radius 1 is 1.27 bits per heavy atom. The lowest BCUT2D eigenvalue weighted by molar-refractivity contribution is -0.120. The third-order valence-electron chi connectivity index (χ3n) is 3.92. The second-order valence-electron chi connectivity index (χ2n) is 5.63. The summed E-state index contributed by atoms with van der Waals surface area (Å²) in [5.41, 5.74) is 1.49. The van der Waals surface area contributed by atoms with Gasteiger partial charge in [0.2, 0.25) is 11.8 Å². The Labute approximate surface area is 155 Å². The molecule has 0 saturated carbocycles. The molecule has 1 amide bonds. The molecule has 1 aromatic carbocycles. The lowest BCUT2D eigenvalue weighted by atomic mass is 10.1. The van der Waals surface area contributed by atoms with Crippen LogP contribution in [0.4, 0.5) is 0 Å². The van der Waals surface area contributed by atoms with Crippen molar-refractivity contribution in [2.45, 2.75) is 19.9 Å². The Morgan fingerprint density at radius 2 is 2.12 bits per heavy atom. The van der Waals surface area contributed by atoms with Gasteiger partial charge < -0.3 is 19.2 Å². The minimum Gasteiger partial charge on any atom is -0.497 e. The van der Waals surface area contributed by atoms with Crippen molar-refractivity contribution < 1.29 is 18.7 Å². The first-order valence-electron chi connectivity index (χ1n) is 8.08. The van der Waals surface area contributed by atoms with Gasteiger partial charge in [0.1, 0.15) is 17.3 Å². The van der Waals surface area contributed by atoms with Crippen LogP contribution in [0.2, 0.25) is 0 Å². The van der Waals surface area contributed by atoms with Crippen LogP contribution in [0.25, 0.3) is 10.8 Å². The van der Waals surface area contributed by atoms with E-state index < -0.39 is 0 Å². The summed E-state index contributed by atoms with van der Waals surface area (Å²) in [5.74, 6) is 2.48. The molecule has 0 atom stereocenters. The van der Waals surface area contributed by atoms with Gasteiger partial charge in [0, 0.05) is 12.1 Å². The number of amides is 1. The highest BCUT2D eigenvalue weighted by Crippen LogP contribution is 2.26. The molecule has 0 bridgehead atoms. The molecule has 0 saturated heterocycles. The summed E-state index contributed by atoms with van der Waals surface area (Å²) in [6.07, 6.45) is 0.160. The van der Waals surface area contributed by atoms with Gasteiger partial charge >= 0.3 is 0 Å². The summed E-state index contributed by atoms with van der Waals surface area (Å²) >= 11 is 1.55. The highest BCUT2D eigenvalue weighted by atomic mass is 32.1. The zero-order chi connectivity index (χ0) is 18.5. The van der Waals surface area contributed by atoms with E-state index >= 15 is 0 Å². The van der Waals surface area contributed by atoms with Crippen LogP contribution in [0, 0.1) is 6.92 Å². The fourth-order valence-corrected chi connectivity index (χ4v) is 3.18. The number of hydrogen-bond acceptors (Lipinski definition) is 6. The molecule has 0 aliphatic carbocycles. The third-order valence-corrected chi connectivity index (χ3v) is 4.77. The van der Waals surface area contributed by atoms with Crippen molar-refractivity contribution in [2.75, 3.05) is 14.2 Å². The fourth-order valence-electron chi connectivity index (χ4n) is 2.53. The largest absolute Gasteiger partial charge is 0.497 e. The monoisotopic (exact) mass is 372 g/mol. The Hall–Kier alpha value is -2.80. The molecule has 7 heteroatoms. The molecule has 26 heavy (non-hydrogen) atoms. The van der Waals surface area contributed by atoms with Crippen LogP contribution in [-0.4, -0.2) is 25.1 Å². The number of rotatable bonds is 7. The smallest absolute Gasteiger partial charge is 0.236 e. The van der Waals surface area contributed by atoms with Crippen molar-refractivity contribution in [3.8, 4) is 22.3 Å². The summed E-state index contributed by atoms with van der Waals surface area (Å²) in [6.45, 7) is 2.16. The average molecular weight is 372 g/mol. The van der Waals surface area contributed by atoms with Gasteiger partial charge in [0.05, 0.1) is 31.2 Å². The summed E-state index contributed by atoms with van der Waals surface area (Å²) in [6, 6.07) is 9.35. The predicted molar refractivity (Wildman–Crippen MR) is 99.6 cm³/mol. The van der Waals surface area contributed by atoms with Crippen molar-refractivity contribution in [3.05, 3.63) is 52.7 Å². The van der Waals surface area contributed by atoms with E-state index in [4.69, 9.17) is 13.9 Å². The number of hydrogen-bond donors (Lipinski definition) is 1. The molecule has 2 heterocycles. The van der Waals surface area contributed by atoms with E-state index in [0.29, 0.717) is 35.4 Å². The van der Waals surface area contributed by atoms with Crippen molar-refractivity contribution >= 4 is 17.2 Å². The number of methoxy groups -OCH3 is 2. The summed E-state index contributed by atoms with van der Waals surface area (Å²) in [7, 11) is 3.20. The third kappa shape index (κ3) is 4.05. The number of thiophene rings is 1. The molecule has 0 aliphatic heterocycles. The number of aromatic nitrogens is 1. The Bertz CT molecular complexity index is 887. The lowest BCUT2D eigenvalue weighted by Gasteiger charge is -2.11. The number of nitrogens with zero attached hydrogens (tertiary/aromatic N) is 1. The predicted octanol–water partition coefficient (Wildman–Crippen LogP) is 3.59. The minimum atomic E-state index is -0.135. The van der Waals surface area contributed by atoms with Gasteiger partial charge in [0.25, 0.3) is 0 Å². The SMILES string of the molecule is COc1ccc(OC)c(CNC(=O)Cc2nc(-c3cccs3)oc2C)c1. The maximum Gasteiger partial charge on any atom is 0.236 e. The molecule has 2 aromatic heterocycles. The maximum atomic E-state index is 12.3. The number of ether oxygens (including phenoxy) is 2. The maximum absolute atomic E-state index is 12.3. The first kappa shape index (κ1) is 18.0. The van der Waals surface area contributed by atoms with E-state index in [9.17, 15) is 4.79 Å². The second-order valence-corrected chi connectivity index (χ2v) is 6.58. The zero-order valence-electron chi connectivity index (χ0n) is 14.9. The minimum absolute atomic E-state index is 0.135. The fraction of sp³-hybridized carbons (Fsp3) is 0.263. The zero-order valence-corrected chi connectivity index (χ0v) is 15.7. The van der Waals surface area contributed by atoms with Crippen molar-refractivity contribution in [2.24, 2.45) is 0 Å². The molecular weight excluding hydrogens is 352 g/mol. The lowest BCUT2D eigenvalue weighted by Crippen LogP contribution is -2.25. The number of carbonyl (C=O) groups excluding carboxylic acids is 1. The Balaban J connectivity index is 1.65. The first-order valence-corrected chi connectivity index (χ1v) is 8.96. The number of carbonyl (C=O) groups is 1. The van der Waals surface area contributed by atoms with E-state index in [-0.39, 0.29) is 12.3 Å². The molecule has 1 N–H and O–H groups in total. The van der Waals surface area contributed by atoms with E-state index in [1.54, 1.807) is 25.6 Å². The van der Waals surface area contributed by atoms with Gasteiger partial charge in [-0.1, -0.05) is 6.07 Å². The molecule has 3 aromatic rings. The summed E-state index contributed by atoms with van der Waals surface area (Å²) in [5, 5.41) is 4.85. The molecular formula is C19H20N2O4S. The topological polar surface area (TPSA) is 73.6 Å². The van der Waals surface area contributed by atoms with Crippen molar-refractivity contribution in [1.82, 2.24) is 10.3 Å². The van der Waals surface area contributed by atoms with Gasteiger partial charge in [-0.2, -0.15) is 0 Å². The van der Waals surface area contributed by atoms with Gasteiger partial charge in [0.15, 0.2) is 0 Å². The van der Waals surface area contributed by atoms with Crippen molar-refractivity contribution in [1.29, 1.82) is 0 Å². The average Bonchev–Trinajstić information content (AvgIpc) is 3.30. The van der Waals surface area contributed by atoms with Gasteiger partial charge in [-0.3, -0.25) is 4.79 Å². The van der Waals surface area contributed by atoms with Gasteiger partial charge in [-0.15, -0.1) is 11.3 Å². The van der Waals surface area contributed by atoms with E-state index in [1.165, 1.54) is 0 Å². The Morgan fingerprint density at radius 3 is 2.81 bits per heavy atom. The molecule has 6 nitrogen and oxygen atoms in total. The van der Waals surface area contributed by atoms with Crippen LogP contribution >= 0.6 is 11.3 Å². The highest BCUT2D eigenvalue weighted by Gasteiger charge is 2.15. The molecule has 0 radical (unpaired) electrons. The first-order chi connectivity index (χ1) is 12.6. The van der Waals surface area contributed by atoms with Crippen LogP contribution in [0.1, 0.15) is 17.0 Å². The molecule has 0 spiro atoms. The van der Waals surface area contributed by atoms with Crippen LogP contribution < -0.4 is 14.8 Å². The number of benzene rings is 1. The number of aryl methyl sites for hydroxylation is 1. The molecule has 0 aliphatic rings. The number of oxazole rings is 1. The molecule has 0 fully saturated rings. The van der Waals surface area contributed by atoms with Crippen LogP contribution in [-0.2, 0) is 17.8 Å². The Kier molecular flexibility index (Phi) is 5.58. The standard InChI is InChI=1S/C19H20N2O4S/c1-12-15(21-19(25-12)17-5-4-8-26-17)10-18(22)20-11-13-9-14(23-2)6-7-16(13)24-3/h4-9H,10-11H2,1-3H3,(H,20,22). The molecule has 0 unspecified atom stereocenters. The van der Waals surface area contributed by atoms with Crippen molar-refractivity contribution in [3.63, 3.8) is 0 Å². The van der Waals surface area contributed by atoms with Crippen LogP contribution in [0.5, 0.6) is 11.5 Å². The van der Waals surface area contributed by atoms with Gasteiger partial charge in [-0.05, 0) is 36.6 Å². The van der Waals surface area contributed by atoms with Gasteiger partial charge in [-0.25, -0.2) is 4.98 Å². The second kappa shape index (κ2) is 8.05. The van der Waals surface area contributed by atoms with E-state index in [2.05, 4.69) is 10.3 Å². The van der Waals surface area contributed by atoms with E-state index in [0.717, 1.165) is 10.4 Å². The molecule has 136 valence electrons. The van der Waals surface area contributed by atoms with Crippen LogP contribution in [0.15, 0.2) is 40.1 Å².